The molecule has 0 radical (unpaired) electrons. The molecule has 2 rings (SSSR count). The van der Waals surface area contributed by atoms with E-state index in [1.807, 2.05) is 18.0 Å². The number of rotatable bonds is 6. The number of amides is 1. The highest BCUT2D eigenvalue weighted by atomic mass is 16.5. The highest BCUT2D eigenvalue weighted by molar-refractivity contribution is 5.77. The fourth-order valence-electron chi connectivity index (χ4n) is 2.90. The maximum atomic E-state index is 11.9. The van der Waals surface area contributed by atoms with Gasteiger partial charge in [-0.1, -0.05) is 13.8 Å². The minimum Gasteiger partial charge on any atom is -0.372 e. The van der Waals surface area contributed by atoms with Crippen molar-refractivity contribution in [1.82, 2.24) is 14.5 Å². The van der Waals surface area contributed by atoms with Gasteiger partial charge in [-0.15, -0.1) is 0 Å². The van der Waals surface area contributed by atoms with Crippen LogP contribution in [0.1, 0.15) is 45.4 Å². The van der Waals surface area contributed by atoms with Gasteiger partial charge in [-0.25, -0.2) is 4.98 Å². The van der Waals surface area contributed by atoms with Gasteiger partial charge < -0.3 is 14.2 Å². The summed E-state index contributed by atoms with van der Waals surface area (Å²) in [5.74, 6) is 2.37. The largest absolute Gasteiger partial charge is 0.372 e. The summed E-state index contributed by atoms with van der Waals surface area (Å²) in [4.78, 5) is 18.3. The van der Waals surface area contributed by atoms with Crippen molar-refractivity contribution in [2.45, 2.75) is 46.1 Å². The summed E-state index contributed by atoms with van der Waals surface area (Å²) in [6.07, 6.45) is 6.08. The number of hydrogen-bond acceptors (Lipinski definition) is 3. The van der Waals surface area contributed by atoms with E-state index < -0.39 is 0 Å². The average molecular weight is 293 g/mol. The Hall–Kier alpha value is -1.36. The molecule has 0 N–H and O–H groups in total. The molecule has 1 aromatic heterocycles. The third kappa shape index (κ3) is 4.30. The summed E-state index contributed by atoms with van der Waals surface area (Å²) in [7, 11) is 0. The standard InChI is InChI=1S/C16H27N3O2/c1-4-21-12-15(20)18-8-5-14(6-9-18)11-19-10-7-17-16(19)13(2)3/h7,10,13-14H,4-6,8-9,11-12H2,1-3H3. The molecule has 0 atom stereocenters. The van der Waals surface area contributed by atoms with Gasteiger partial charge in [0.15, 0.2) is 0 Å². The van der Waals surface area contributed by atoms with Gasteiger partial charge in [0.25, 0.3) is 0 Å². The second-order valence-corrected chi connectivity index (χ2v) is 6.05. The van der Waals surface area contributed by atoms with E-state index in [1.165, 1.54) is 0 Å². The molecule has 1 saturated heterocycles. The third-order valence-corrected chi connectivity index (χ3v) is 4.12. The van der Waals surface area contributed by atoms with E-state index in [2.05, 4.69) is 29.6 Å². The molecular weight excluding hydrogens is 266 g/mol. The average Bonchev–Trinajstić information content (AvgIpc) is 2.94. The van der Waals surface area contributed by atoms with Crippen LogP contribution in [0.5, 0.6) is 0 Å². The summed E-state index contributed by atoms with van der Waals surface area (Å²) < 4.78 is 7.47. The van der Waals surface area contributed by atoms with Crippen molar-refractivity contribution in [3.63, 3.8) is 0 Å². The monoisotopic (exact) mass is 293 g/mol. The lowest BCUT2D eigenvalue weighted by Crippen LogP contribution is -2.41. The van der Waals surface area contributed by atoms with Crippen molar-refractivity contribution in [2.24, 2.45) is 5.92 Å². The highest BCUT2D eigenvalue weighted by Crippen LogP contribution is 2.21. The van der Waals surface area contributed by atoms with Gasteiger partial charge in [0, 0.05) is 44.6 Å². The Morgan fingerprint density at radius 2 is 2.14 bits per heavy atom. The maximum absolute atomic E-state index is 11.9. The number of ether oxygens (including phenoxy) is 1. The van der Waals surface area contributed by atoms with Crippen LogP contribution in [0.3, 0.4) is 0 Å². The Morgan fingerprint density at radius 3 is 2.76 bits per heavy atom. The summed E-state index contributed by atoms with van der Waals surface area (Å²) in [5, 5.41) is 0. The lowest BCUT2D eigenvalue weighted by molar-refractivity contribution is -0.137. The zero-order valence-corrected chi connectivity index (χ0v) is 13.4. The minimum absolute atomic E-state index is 0.126. The molecule has 5 nitrogen and oxygen atoms in total. The fraction of sp³-hybridized carbons (Fsp3) is 0.750. The number of hydrogen-bond donors (Lipinski definition) is 0. The van der Waals surface area contributed by atoms with Crippen LogP contribution < -0.4 is 0 Å². The summed E-state index contributed by atoms with van der Waals surface area (Å²) in [6, 6.07) is 0. The van der Waals surface area contributed by atoms with Crippen molar-refractivity contribution in [1.29, 1.82) is 0 Å². The first kappa shape index (κ1) is 16.0. The van der Waals surface area contributed by atoms with Crippen molar-refractivity contribution < 1.29 is 9.53 Å². The van der Waals surface area contributed by atoms with Gasteiger partial charge in [0.2, 0.25) is 5.91 Å². The zero-order chi connectivity index (χ0) is 15.2. The first-order valence-corrected chi connectivity index (χ1v) is 7.98. The quantitative estimate of drug-likeness (QED) is 0.808. The maximum Gasteiger partial charge on any atom is 0.248 e. The molecule has 5 heteroatoms. The van der Waals surface area contributed by atoms with Crippen LogP contribution in [0, 0.1) is 5.92 Å². The van der Waals surface area contributed by atoms with E-state index >= 15 is 0 Å². The first-order chi connectivity index (χ1) is 10.1. The van der Waals surface area contributed by atoms with Gasteiger partial charge in [-0.05, 0) is 25.7 Å². The Labute approximate surface area is 127 Å². The molecule has 0 spiro atoms. The number of aromatic nitrogens is 2. The van der Waals surface area contributed by atoms with Crippen LogP contribution in [0.2, 0.25) is 0 Å². The molecule has 1 aliphatic rings. The van der Waals surface area contributed by atoms with E-state index in [0.717, 1.165) is 38.3 Å². The number of piperidine rings is 1. The summed E-state index contributed by atoms with van der Waals surface area (Å²) in [6.45, 7) is 9.80. The molecule has 1 aromatic rings. The molecule has 2 heterocycles. The van der Waals surface area contributed by atoms with Crippen LogP contribution >= 0.6 is 0 Å². The van der Waals surface area contributed by atoms with E-state index in [4.69, 9.17) is 4.74 Å². The van der Waals surface area contributed by atoms with Gasteiger partial charge in [0.05, 0.1) is 0 Å². The third-order valence-electron chi connectivity index (χ3n) is 4.12. The van der Waals surface area contributed by atoms with Crippen LogP contribution in [0.15, 0.2) is 12.4 Å². The van der Waals surface area contributed by atoms with Gasteiger partial charge in [-0.3, -0.25) is 4.79 Å². The van der Waals surface area contributed by atoms with E-state index in [9.17, 15) is 4.79 Å². The van der Waals surface area contributed by atoms with Crippen molar-refractivity contribution in [3.05, 3.63) is 18.2 Å². The van der Waals surface area contributed by atoms with Crippen LogP contribution in [-0.2, 0) is 16.1 Å². The molecule has 1 fully saturated rings. The number of nitrogens with zero attached hydrogens (tertiary/aromatic N) is 3. The molecule has 1 amide bonds. The summed E-state index contributed by atoms with van der Waals surface area (Å²) >= 11 is 0. The van der Waals surface area contributed by atoms with Crippen molar-refractivity contribution in [2.75, 3.05) is 26.3 Å². The van der Waals surface area contributed by atoms with Crippen LogP contribution in [-0.4, -0.2) is 46.7 Å². The van der Waals surface area contributed by atoms with Crippen LogP contribution in [0.25, 0.3) is 0 Å². The molecule has 0 bridgehead atoms. The number of carbonyl (C=O) groups is 1. The SMILES string of the molecule is CCOCC(=O)N1CCC(Cn2ccnc2C(C)C)CC1. The molecular formula is C16H27N3O2. The molecule has 118 valence electrons. The lowest BCUT2D eigenvalue weighted by Gasteiger charge is -2.32. The normalized spacial score (nSPS) is 16.7. The second-order valence-electron chi connectivity index (χ2n) is 6.05. The molecule has 0 aromatic carbocycles. The molecule has 0 unspecified atom stereocenters. The highest BCUT2D eigenvalue weighted by Gasteiger charge is 2.23. The lowest BCUT2D eigenvalue weighted by atomic mass is 9.96. The second kappa shape index (κ2) is 7.59. The van der Waals surface area contributed by atoms with Gasteiger partial charge >= 0.3 is 0 Å². The first-order valence-electron chi connectivity index (χ1n) is 7.98. The van der Waals surface area contributed by atoms with Crippen molar-refractivity contribution in [3.8, 4) is 0 Å². The minimum atomic E-state index is 0.126. The van der Waals surface area contributed by atoms with Gasteiger partial charge in [0.1, 0.15) is 12.4 Å². The number of likely N-dealkylation sites (tertiary alicyclic amines) is 1. The smallest absolute Gasteiger partial charge is 0.248 e. The molecule has 21 heavy (non-hydrogen) atoms. The Bertz CT molecular complexity index is 448. The summed E-state index contributed by atoms with van der Waals surface area (Å²) in [5.41, 5.74) is 0. The Kier molecular flexibility index (Phi) is 5.79. The van der Waals surface area contributed by atoms with E-state index in [0.29, 0.717) is 18.4 Å². The fourth-order valence-corrected chi connectivity index (χ4v) is 2.90. The van der Waals surface area contributed by atoms with Crippen LogP contribution in [0.4, 0.5) is 0 Å². The predicted octanol–water partition coefficient (Wildman–Crippen LogP) is 2.28. The van der Waals surface area contributed by atoms with Gasteiger partial charge in [-0.2, -0.15) is 0 Å². The molecule has 0 saturated carbocycles. The van der Waals surface area contributed by atoms with Crippen molar-refractivity contribution >= 4 is 5.91 Å². The van der Waals surface area contributed by atoms with E-state index in [-0.39, 0.29) is 12.5 Å². The molecule has 1 aliphatic heterocycles. The topological polar surface area (TPSA) is 47.4 Å². The predicted molar refractivity (Wildman–Crippen MR) is 82.1 cm³/mol. The Balaban J connectivity index is 1.81. The number of carbonyl (C=O) groups excluding carboxylic acids is 1. The molecule has 0 aliphatic carbocycles. The zero-order valence-electron chi connectivity index (χ0n) is 13.4. The Morgan fingerprint density at radius 1 is 1.43 bits per heavy atom. The van der Waals surface area contributed by atoms with E-state index in [1.54, 1.807) is 0 Å². The number of imidazole rings is 1.